The topological polar surface area (TPSA) is 64.3 Å². The summed E-state index contributed by atoms with van der Waals surface area (Å²) in [5.74, 6) is 0.781. The van der Waals surface area contributed by atoms with Crippen LogP contribution in [0.2, 0.25) is 10.0 Å². The lowest BCUT2D eigenvalue weighted by Gasteiger charge is -2.11. The summed E-state index contributed by atoms with van der Waals surface area (Å²) in [4.78, 5) is 12.3. The number of carbonyl (C=O) groups excluding carboxylic acids is 1. The summed E-state index contributed by atoms with van der Waals surface area (Å²) in [6.45, 7) is 4.71. The number of carbonyl (C=O) groups is 1. The van der Waals surface area contributed by atoms with Crippen LogP contribution >= 0.6 is 23.2 Å². The molecule has 2 rings (SSSR count). The van der Waals surface area contributed by atoms with E-state index in [-0.39, 0.29) is 11.6 Å². The van der Waals surface area contributed by atoms with Gasteiger partial charge in [0.2, 0.25) is 0 Å². The van der Waals surface area contributed by atoms with Gasteiger partial charge in [0.15, 0.2) is 0 Å². The van der Waals surface area contributed by atoms with E-state index in [1.54, 1.807) is 30.3 Å². The molecule has 3 N–H and O–H groups in total. The van der Waals surface area contributed by atoms with Gasteiger partial charge < -0.3 is 15.8 Å². The zero-order chi connectivity index (χ0) is 17.0. The van der Waals surface area contributed by atoms with Crippen LogP contribution in [0.25, 0.3) is 0 Å². The largest absolute Gasteiger partial charge is 0.493 e. The Morgan fingerprint density at radius 3 is 2.48 bits per heavy atom. The number of amides is 1. The van der Waals surface area contributed by atoms with Gasteiger partial charge in [-0.2, -0.15) is 0 Å². The van der Waals surface area contributed by atoms with Gasteiger partial charge in [-0.3, -0.25) is 4.79 Å². The molecule has 0 atom stereocenters. The molecule has 0 aromatic heterocycles. The Labute approximate surface area is 145 Å². The minimum absolute atomic E-state index is 0.281. The summed E-state index contributed by atoms with van der Waals surface area (Å²) in [5, 5.41) is 3.33. The van der Waals surface area contributed by atoms with Gasteiger partial charge in [0, 0.05) is 11.3 Å². The molecule has 4 nitrogen and oxygen atoms in total. The minimum Gasteiger partial charge on any atom is -0.493 e. The van der Waals surface area contributed by atoms with Gasteiger partial charge in [0.1, 0.15) is 5.75 Å². The number of hydrogen-bond acceptors (Lipinski definition) is 3. The molecule has 23 heavy (non-hydrogen) atoms. The third kappa shape index (κ3) is 4.78. The third-order valence-electron chi connectivity index (χ3n) is 3.02. The van der Waals surface area contributed by atoms with Gasteiger partial charge in [0.05, 0.1) is 22.3 Å². The first-order valence-corrected chi connectivity index (χ1v) is 7.91. The van der Waals surface area contributed by atoms with Crippen molar-refractivity contribution in [3.63, 3.8) is 0 Å². The number of nitrogens with one attached hydrogen (secondary N) is 1. The molecule has 0 unspecified atom stereocenters. The molecule has 2 aromatic rings. The van der Waals surface area contributed by atoms with Crippen LogP contribution in [-0.2, 0) is 0 Å². The maximum absolute atomic E-state index is 12.3. The van der Waals surface area contributed by atoms with Crippen molar-refractivity contribution >= 4 is 40.5 Å². The first kappa shape index (κ1) is 17.4. The number of nitrogens with two attached hydrogens (primary N) is 1. The lowest BCUT2D eigenvalue weighted by Crippen LogP contribution is -2.12. The molecule has 0 saturated carbocycles. The van der Waals surface area contributed by atoms with Crippen LogP contribution in [0, 0.1) is 5.92 Å². The molecule has 0 fully saturated rings. The van der Waals surface area contributed by atoms with E-state index < -0.39 is 0 Å². The average molecular weight is 353 g/mol. The molecule has 0 spiro atoms. The Hall–Kier alpha value is -1.91. The summed E-state index contributed by atoms with van der Waals surface area (Å²) in [5.41, 5.74) is 6.93. The summed E-state index contributed by atoms with van der Waals surface area (Å²) >= 11 is 11.9. The van der Waals surface area contributed by atoms with Gasteiger partial charge in [-0.05, 0) is 36.2 Å². The molecule has 2 aromatic carbocycles. The number of anilines is 2. The number of ether oxygens (including phenoxy) is 1. The Morgan fingerprint density at radius 1 is 1.22 bits per heavy atom. The molecule has 122 valence electrons. The normalized spacial score (nSPS) is 10.7. The van der Waals surface area contributed by atoms with Crippen molar-refractivity contribution in [2.75, 3.05) is 17.7 Å². The minimum atomic E-state index is -0.281. The molecule has 6 heteroatoms. The predicted octanol–water partition coefficient (Wildman–Crippen LogP) is 4.86. The van der Waals surface area contributed by atoms with Crippen molar-refractivity contribution in [1.82, 2.24) is 0 Å². The third-order valence-corrected chi connectivity index (χ3v) is 3.64. The van der Waals surface area contributed by atoms with Gasteiger partial charge >= 0.3 is 0 Å². The highest BCUT2D eigenvalue weighted by molar-refractivity contribution is 6.39. The van der Waals surface area contributed by atoms with Crippen LogP contribution in [0.5, 0.6) is 5.75 Å². The number of benzene rings is 2. The van der Waals surface area contributed by atoms with Gasteiger partial charge in [-0.25, -0.2) is 0 Å². The average Bonchev–Trinajstić information content (AvgIpc) is 2.50. The van der Waals surface area contributed by atoms with Crippen molar-refractivity contribution < 1.29 is 9.53 Å². The molecule has 0 aliphatic carbocycles. The maximum Gasteiger partial charge on any atom is 0.255 e. The number of nitrogen functional groups attached to an aromatic ring is 1. The molecule has 0 aliphatic heterocycles. The summed E-state index contributed by atoms with van der Waals surface area (Å²) in [7, 11) is 0. The quantitative estimate of drug-likeness (QED) is 0.755. The van der Waals surface area contributed by atoms with Gasteiger partial charge in [0.25, 0.3) is 5.91 Å². The SMILES string of the molecule is CC(C)COc1cccc(C(=O)Nc2cc(Cl)c(N)c(Cl)c2)c1. The van der Waals surface area contributed by atoms with Crippen LogP contribution < -0.4 is 15.8 Å². The second-order valence-corrected chi connectivity index (χ2v) is 6.35. The van der Waals surface area contributed by atoms with E-state index in [1.165, 1.54) is 0 Å². The summed E-state index contributed by atoms with van der Waals surface area (Å²) in [6.07, 6.45) is 0. The first-order valence-electron chi connectivity index (χ1n) is 7.15. The van der Waals surface area contributed by atoms with E-state index in [1.807, 2.05) is 6.07 Å². The van der Waals surface area contributed by atoms with Crippen molar-refractivity contribution in [3.8, 4) is 5.75 Å². The molecule has 0 bridgehead atoms. The number of halogens is 2. The zero-order valence-electron chi connectivity index (χ0n) is 12.9. The van der Waals surface area contributed by atoms with E-state index in [2.05, 4.69) is 19.2 Å². The van der Waals surface area contributed by atoms with Crippen molar-refractivity contribution in [1.29, 1.82) is 0 Å². The Bertz CT molecular complexity index is 694. The second kappa shape index (κ2) is 7.57. The summed E-state index contributed by atoms with van der Waals surface area (Å²) < 4.78 is 5.62. The number of rotatable bonds is 5. The predicted molar refractivity (Wildman–Crippen MR) is 95.6 cm³/mol. The fourth-order valence-electron chi connectivity index (χ4n) is 1.85. The first-order chi connectivity index (χ1) is 10.9. The van der Waals surface area contributed by atoms with E-state index in [4.69, 9.17) is 33.7 Å². The molecule has 0 saturated heterocycles. The molecule has 1 amide bonds. The van der Waals surface area contributed by atoms with Gasteiger partial charge in [-0.15, -0.1) is 0 Å². The lowest BCUT2D eigenvalue weighted by molar-refractivity contribution is 0.102. The Kier molecular flexibility index (Phi) is 5.74. The summed E-state index contributed by atoms with van der Waals surface area (Å²) in [6, 6.07) is 10.1. The van der Waals surface area contributed by atoms with E-state index in [9.17, 15) is 4.79 Å². The lowest BCUT2D eigenvalue weighted by atomic mass is 10.2. The second-order valence-electron chi connectivity index (χ2n) is 5.54. The Balaban J connectivity index is 2.13. The van der Waals surface area contributed by atoms with E-state index in [0.29, 0.717) is 39.6 Å². The maximum atomic E-state index is 12.3. The standard InChI is InChI=1S/C17H18Cl2N2O2/c1-10(2)9-23-13-5-3-4-11(6-13)17(22)21-12-7-14(18)16(20)15(19)8-12/h3-8,10H,9,20H2,1-2H3,(H,21,22). The van der Waals surface area contributed by atoms with E-state index >= 15 is 0 Å². The fraction of sp³-hybridized carbons (Fsp3) is 0.235. The van der Waals surface area contributed by atoms with Crippen LogP contribution in [0.15, 0.2) is 36.4 Å². The smallest absolute Gasteiger partial charge is 0.255 e. The molecule has 0 heterocycles. The molecule has 0 radical (unpaired) electrons. The Morgan fingerprint density at radius 2 is 1.87 bits per heavy atom. The van der Waals surface area contributed by atoms with Crippen molar-refractivity contribution in [2.45, 2.75) is 13.8 Å². The van der Waals surface area contributed by atoms with Crippen LogP contribution in [0.3, 0.4) is 0 Å². The van der Waals surface area contributed by atoms with Crippen LogP contribution in [0.4, 0.5) is 11.4 Å². The van der Waals surface area contributed by atoms with Crippen LogP contribution in [0.1, 0.15) is 24.2 Å². The fourth-order valence-corrected chi connectivity index (χ4v) is 2.34. The molecule has 0 aliphatic rings. The number of hydrogen-bond donors (Lipinski definition) is 2. The zero-order valence-corrected chi connectivity index (χ0v) is 14.4. The molecular weight excluding hydrogens is 335 g/mol. The highest BCUT2D eigenvalue weighted by Crippen LogP contribution is 2.31. The molecular formula is C17H18Cl2N2O2. The van der Waals surface area contributed by atoms with Crippen molar-refractivity contribution in [3.05, 3.63) is 52.0 Å². The van der Waals surface area contributed by atoms with Crippen molar-refractivity contribution in [2.24, 2.45) is 5.92 Å². The van der Waals surface area contributed by atoms with Crippen LogP contribution in [-0.4, -0.2) is 12.5 Å². The highest BCUT2D eigenvalue weighted by Gasteiger charge is 2.10. The highest BCUT2D eigenvalue weighted by atomic mass is 35.5. The monoisotopic (exact) mass is 352 g/mol. The van der Waals surface area contributed by atoms with Gasteiger partial charge in [-0.1, -0.05) is 43.1 Å². The van der Waals surface area contributed by atoms with E-state index in [0.717, 1.165) is 0 Å².